The molecule has 1 fully saturated rings. The molecular formula is C25H32N4O4. The first-order valence-corrected chi connectivity index (χ1v) is 10.5. The summed E-state index contributed by atoms with van der Waals surface area (Å²) >= 11 is 0. The first kappa shape index (κ1) is 26.0. The summed E-state index contributed by atoms with van der Waals surface area (Å²) in [6.45, 7) is 4.26. The van der Waals surface area contributed by atoms with Crippen LogP contribution in [0, 0.1) is 11.8 Å². The molecule has 33 heavy (non-hydrogen) atoms. The largest absolute Gasteiger partial charge is 0.391 e. The summed E-state index contributed by atoms with van der Waals surface area (Å²) in [4.78, 5) is 23.9. The molecule has 0 radical (unpaired) electrons. The smallest absolute Gasteiger partial charge is 0.268 e. The number of hydroxylamine groups is 1. The molecule has 1 unspecified atom stereocenters. The van der Waals surface area contributed by atoms with Gasteiger partial charge in [0.15, 0.2) is 0 Å². The molecule has 2 amide bonds. The molecular weight excluding hydrogens is 420 g/mol. The predicted molar refractivity (Wildman–Crippen MR) is 127 cm³/mol. The number of carbonyl (C=O) groups excluding carboxylic acids is 2. The van der Waals surface area contributed by atoms with E-state index >= 15 is 0 Å². The SMILES string of the molecule is C.C[C@@H](O)[C@H](NC(=O)c1ccc(C#Cc2ccc(CNC3CCNC3)cc2)cc1)C(=O)NO. The second kappa shape index (κ2) is 12.7. The van der Waals surface area contributed by atoms with Gasteiger partial charge < -0.3 is 21.1 Å². The Bertz CT molecular complexity index is 972. The second-order valence-corrected chi connectivity index (χ2v) is 7.76. The summed E-state index contributed by atoms with van der Waals surface area (Å²) in [6, 6.07) is 14.0. The van der Waals surface area contributed by atoms with Crippen molar-refractivity contribution in [1.82, 2.24) is 21.4 Å². The second-order valence-electron chi connectivity index (χ2n) is 7.76. The number of hydrogen-bond acceptors (Lipinski definition) is 6. The summed E-state index contributed by atoms with van der Waals surface area (Å²) in [6.07, 6.45) is -0.0125. The van der Waals surface area contributed by atoms with Gasteiger partial charge in [-0.3, -0.25) is 14.8 Å². The van der Waals surface area contributed by atoms with Gasteiger partial charge in [0, 0.05) is 35.8 Å². The third kappa shape index (κ3) is 7.70. The fraction of sp³-hybridized carbons (Fsp3) is 0.360. The minimum Gasteiger partial charge on any atom is -0.391 e. The van der Waals surface area contributed by atoms with E-state index in [4.69, 9.17) is 5.21 Å². The Hall–Kier alpha value is -3.22. The molecule has 0 aliphatic carbocycles. The highest BCUT2D eigenvalue weighted by molar-refractivity contribution is 5.97. The number of carbonyl (C=O) groups is 2. The maximum Gasteiger partial charge on any atom is 0.268 e. The fourth-order valence-corrected chi connectivity index (χ4v) is 3.35. The van der Waals surface area contributed by atoms with Gasteiger partial charge in [0.25, 0.3) is 11.8 Å². The Balaban J connectivity index is 0.00000385. The predicted octanol–water partition coefficient (Wildman–Crippen LogP) is 1.16. The molecule has 176 valence electrons. The van der Waals surface area contributed by atoms with E-state index < -0.39 is 24.0 Å². The summed E-state index contributed by atoms with van der Waals surface area (Å²) in [5, 5.41) is 27.6. The van der Waals surface area contributed by atoms with Crippen LogP contribution < -0.4 is 21.4 Å². The van der Waals surface area contributed by atoms with Crippen LogP contribution in [0.1, 0.15) is 47.8 Å². The van der Waals surface area contributed by atoms with Gasteiger partial charge in [-0.2, -0.15) is 0 Å². The summed E-state index contributed by atoms with van der Waals surface area (Å²) in [5.74, 6) is 4.74. The topological polar surface area (TPSA) is 123 Å². The Labute approximate surface area is 194 Å². The highest BCUT2D eigenvalue weighted by Crippen LogP contribution is 2.08. The van der Waals surface area contributed by atoms with Crippen LogP contribution in [-0.2, 0) is 11.3 Å². The van der Waals surface area contributed by atoms with Gasteiger partial charge in [0.1, 0.15) is 6.04 Å². The molecule has 1 saturated heterocycles. The van der Waals surface area contributed by atoms with E-state index in [9.17, 15) is 14.7 Å². The van der Waals surface area contributed by atoms with Gasteiger partial charge in [0.05, 0.1) is 6.10 Å². The van der Waals surface area contributed by atoms with Gasteiger partial charge in [-0.1, -0.05) is 31.4 Å². The van der Waals surface area contributed by atoms with Crippen LogP contribution >= 0.6 is 0 Å². The van der Waals surface area contributed by atoms with Gasteiger partial charge >= 0.3 is 0 Å². The Morgan fingerprint density at radius 2 is 1.70 bits per heavy atom. The quantitative estimate of drug-likeness (QED) is 0.213. The lowest BCUT2D eigenvalue weighted by Crippen LogP contribution is -2.51. The van der Waals surface area contributed by atoms with E-state index in [0.29, 0.717) is 11.6 Å². The third-order valence-electron chi connectivity index (χ3n) is 5.27. The van der Waals surface area contributed by atoms with Crippen LogP contribution in [0.3, 0.4) is 0 Å². The van der Waals surface area contributed by atoms with E-state index in [1.807, 2.05) is 12.1 Å². The van der Waals surface area contributed by atoms with Crippen LogP contribution in [0.25, 0.3) is 0 Å². The molecule has 6 N–H and O–H groups in total. The minimum absolute atomic E-state index is 0. The Kier molecular flexibility index (Phi) is 10.0. The number of nitrogens with one attached hydrogen (secondary N) is 4. The zero-order valence-electron chi connectivity index (χ0n) is 17.9. The van der Waals surface area contributed by atoms with Crippen LogP contribution in [0.5, 0.6) is 0 Å². The number of hydrogen-bond donors (Lipinski definition) is 6. The van der Waals surface area contributed by atoms with Gasteiger partial charge in [0.2, 0.25) is 0 Å². The number of rotatable bonds is 7. The molecule has 2 aromatic carbocycles. The molecule has 8 nitrogen and oxygen atoms in total. The monoisotopic (exact) mass is 452 g/mol. The van der Waals surface area contributed by atoms with Crippen molar-refractivity contribution in [2.45, 2.75) is 45.5 Å². The molecule has 8 heteroatoms. The molecule has 3 rings (SSSR count). The maximum atomic E-state index is 12.3. The molecule has 0 aromatic heterocycles. The highest BCUT2D eigenvalue weighted by Gasteiger charge is 2.25. The fourth-order valence-electron chi connectivity index (χ4n) is 3.35. The van der Waals surface area contributed by atoms with Crippen molar-refractivity contribution in [2.24, 2.45) is 0 Å². The normalized spacial score (nSPS) is 16.5. The number of aliphatic hydroxyl groups is 1. The molecule has 2 aromatic rings. The average molecular weight is 453 g/mol. The van der Waals surface area contributed by atoms with E-state index in [0.717, 1.165) is 37.2 Å². The lowest BCUT2D eigenvalue weighted by molar-refractivity contribution is -0.133. The van der Waals surface area contributed by atoms with Crippen LogP contribution in [0.4, 0.5) is 0 Å². The number of aliphatic hydroxyl groups excluding tert-OH is 1. The molecule has 1 aliphatic heterocycles. The van der Waals surface area contributed by atoms with Crippen molar-refractivity contribution in [3.05, 3.63) is 70.8 Å². The third-order valence-corrected chi connectivity index (χ3v) is 5.27. The van der Waals surface area contributed by atoms with Crippen molar-refractivity contribution in [3.8, 4) is 11.8 Å². The lowest BCUT2D eigenvalue weighted by Gasteiger charge is -2.19. The first-order valence-electron chi connectivity index (χ1n) is 10.5. The first-order chi connectivity index (χ1) is 15.5. The zero-order valence-corrected chi connectivity index (χ0v) is 17.9. The molecule has 0 spiro atoms. The average Bonchev–Trinajstić information content (AvgIpc) is 3.34. The molecule has 1 heterocycles. The van der Waals surface area contributed by atoms with E-state index in [2.05, 4.69) is 39.9 Å². The lowest BCUT2D eigenvalue weighted by atomic mass is 10.1. The summed E-state index contributed by atoms with van der Waals surface area (Å²) < 4.78 is 0. The Morgan fingerprint density at radius 1 is 1.09 bits per heavy atom. The number of amides is 2. The molecule has 0 saturated carbocycles. The molecule has 0 bridgehead atoms. The van der Waals surface area contributed by atoms with Crippen LogP contribution in [-0.4, -0.2) is 53.4 Å². The van der Waals surface area contributed by atoms with Crippen molar-refractivity contribution in [2.75, 3.05) is 13.1 Å². The number of benzene rings is 2. The van der Waals surface area contributed by atoms with Crippen molar-refractivity contribution in [3.63, 3.8) is 0 Å². The summed E-state index contributed by atoms with van der Waals surface area (Å²) in [5.41, 5.74) is 4.58. The van der Waals surface area contributed by atoms with E-state index in [1.54, 1.807) is 24.3 Å². The van der Waals surface area contributed by atoms with Crippen LogP contribution in [0.15, 0.2) is 48.5 Å². The van der Waals surface area contributed by atoms with E-state index in [-0.39, 0.29) is 7.43 Å². The van der Waals surface area contributed by atoms with Gasteiger partial charge in [-0.05, 0) is 61.9 Å². The highest BCUT2D eigenvalue weighted by atomic mass is 16.5. The summed E-state index contributed by atoms with van der Waals surface area (Å²) in [7, 11) is 0. The molecule has 3 atom stereocenters. The maximum absolute atomic E-state index is 12.3. The van der Waals surface area contributed by atoms with Crippen molar-refractivity contribution < 1.29 is 19.9 Å². The Morgan fingerprint density at radius 3 is 2.21 bits per heavy atom. The standard InChI is InChI=1S/C24H28N4O4.CH4/c1-16(29)22(24(31)28-32)27-23(30)20-10-8-18(9-11-20)3-2-17-4-6-19(7-5-17)14-26-21-12-13-25-15-21;/h4-11,16,21-22,25-26,29,32H,12-15H2,1H3,(H,27,30)(H,28,31);1H4/t16-,21?,22+;/m1./s1. The van der Waals surface area contributed by atoms with Crippen molar-refractivity contribution in [1.29, 1.82) is 0 Å². The van der Waals surface area contributed by atoms with Gasteiger partial charge in [-0.25, -0.2) is 5.48 Å². The van der Waals surface area contributed by atoms with Crippen molar-refractivity contribution >= 4 is 11.8 Å². The van der Waals surface area contributed by atoms with Crippen LogP contribution in [0.2, 0.25) is 0 Å². The molecule has 1 aliphatic rings. The minimum atomic E-state index is -1.26. The zero-order chi connectivity index (χ0) is 22.9. The van der Waals surface area contributed by atoms with Gasteiger partial charge in [-0.15, -0.1) is 0 Å². The van der Waals surface area contributed by atoms with E-state index in [1.165, 1.54) is 18.0 Å².